The van der Waals surface area contributed by atoms with Gasteiger partial charge in [-0.05, 0) is 25.1 Å². The molecule has 0 aliphatic rings. The summed E-state index contributed by atoms with van der Waals surface area (Å²) in [6, 6.07) is 3.62. The Labute approximate surface area is 120 Å². The van der Waals surface area contributed by atoms with Gasteiger partial charge in [0.15, 0.2) is 0 Å². The molecule has 0 heterocycles. The monoisotopic (exact) mass is 289 g/mol. The number of halogens is 2. The third-order valence-electron chi connectivity index (χ3n) is 3.07. The molecule has 1 N–H and O–H groups in total. The van der Waals surface area contributed by atoms with Crippen LogP contribution in [0.15, 0.2) is 12.1 Å². The van der Waals surface area contributed by atoms with Gasteiger partial charge in [0.2, 0.25) is 0 Å². The van der Waals surface area contributed by atoms with Crippen LogP contribution < -0.4 is 10.1 Å². The maximum atomic E-state index is 6.20. The lowest BCUT2D eigenvalue weighted by Gasteiger charge is -2.17. The minimum absolute atomic E-state index is 0.569. The molecule has 1 aromatic rings. The molecule has 0 atom stereocenters. The molecular formula is C14H21Cl2NO. The molecule has 0 fully saturated rings. The Morgan fingerprint density at radius 1 is 1.22 bits per heavy atom. The number of hydrogen-bond acceptors (Lipinski definition) is 2. The van der Waals surface area contributed by atoms with Crippen LogP contribution in [-0.4, -0.2) is 13.7 Å². The number of nitrogens with one attached hydrogen (secondary N) is 1. The van der Waals surface area contributed by atoms with E-state index in [0.717, 1.165) is 24.2 Å². The molecule has 1 aromatic carbocycles. The van der Waals surface area contributed by atoms with Crippen LogP contribution in [0.4, 0.5) is 0 Å². The van der Waals surface area contributed by atoms with Crippen LogP contribution >= 0.6 is 23.2 Å². The first kappa shape index (κ1) is 15.6. The van der Waals surface area contributed by atoms with Gasteiger partial charge in [-0.15, -0.1) is 0 Å². The largest absolute Gasteiger partial charge is 0.491 e. The van der Waals surface area contributed by atoms with Gasteiger partial charge in [0.1, 0.15) is 5.75 Å². The second kappa shape index (κ2) is 7.88. The summed E-state index contributed by atoms with van der Waals surface area (Å²) in [6.45, 7) is 5.74. The SMILES string of the molecule is CCC(CC)COc1c(Cl)cc(Cl)cc1CNC. The lowest BCUT2D eigenvalue weighted by molar-refractivity contribution is 0.238. The fourth-order valence-electron chi connectivity index (χ4n) is 1.82. The first-order valence-electron chi connectivity index (χ1n) is 6.37. The van der Waals surface area contributed by atoms with E-state index in [9.17, 15) is 0 Å². The highest BCUT2D eigenvalue weighted by molar-refractivity contribution is 6.35. The molecule has 0 amide bonds. The maximum absolute atomic E-state index is 6.20. The molecule has 4 heteroatoms. The van der Waals surface area contributed by atoms with Crippen molar-refractivity contribution in [3.8, 4) is 5.75 Å². The minimum Gasteiger partial charge on any atom is -0.491 e. The van der Waals surface area contributed by atoms with Crippen molar-refractivity contribution in [2.45, 2.75) is 33.2 Å². The zero-order chi connectivity index (χ0) is 13.5. The Kier molecular flexibility index (Phi) is 6.83. The Hall–Kier alpha value is -0.440. The van der Waals surface area contributed by atoms with E-state index in [-0.39, 0.29) is 0 Å². The summed E-state index contributed by atoms with van der Waals surface area (Å²) in [5.41, 5.74) is 1.00. The van der Waals surface area contributed by atoms with Crippen molar-refractivity contribution in [2.75, 3.05) is 13.7 Å². The lowest BCUT2D eigenvalue weighted by Crippen LogP contribution is -2.13. The van der Waals surface area contributed by atoms with E-state index in [4.69, 9.17) is 27.9 Å². The molecule has 0 saturated carbocycles. The van der Waals surface area contributed by atoms with Crippen molar-refractivity contribution < 1.29 is 4.74 Å². The predicted octanol–water partition coefficient (Wildman–Crippen LogP) is 4.53. The van der Waals surface area contributed by atoms with Gasteiger partial charge < -0.3 is 10.1 Å². The normalized spacial score (nSPS) is 11.0. The molecule has 0 unspecified atom stereocenters. The molecule has 18 heavy (non-hydrogen) atoms. The Morgan fingerprint density at radius 3 is 2.44 bits per heavy atom. The van der Waals surface area contributed by atoms with Crippen LogP contribution in [0.3, 0.4) is 0 Å². The van der Waals surface area contributed by atoms with Crippen molar-refractivity contribution in [1.82, 2.24) is 5.32 Å². The van der Waals surface area contributed by atoms with Crippen LogP contribution in [0.5, 0.6) is 5.75 Å². The fourth-order valence-corrected chi connectivity index (χ4v) is 2.41. The molecule has 0 aromatic heterocycles. The van der Waals surface area contributed by atoms with Crippen molar-refractivity contribution in [1.29, 1.82) is 0 Å². The first-order chi connectivity index (χ1) is 8.62. The van der Waals surface area contributed by atoms with E-state index in [1.54, 1.807) is 6.07 Å². The molecule has 0 bridgehead atoms. The van der Waals surface area contributed by atoms with E-state index in [2.05, 4.69) is 19.2 Å². The van der Waals surface area contributed by atoms with E-state index in [0.29, 0.717) is 29.1 Å². The number of benzene rings is 1. The van der Waals surface area contributed by atoms with Crippen LogP contribution in [0.2, 0.25) is 10.0 Å². The summed E-state index contributed by atoms with van der Waals surface area (Å²) in [7, 11) is 1.89. The molecule has 0 aliphatic carbocycles. The van der Waals surface area contributed by atoms with Gasteiger partial charge >= 0.3 is 0 Å². The standard InChI is InChI=1S/C14H21Cl2NO/c1-4-10(5-2)9-18-14-11(8-17-3)6-12(15)7-13(14)16/h6-7,10,17H,4-5,8-9H2,1-3H3. The average Bonchev–Trinajstić information content (AvgIpc) is 2.33. The Morgan fingerprint density at radius 2 is 1.89 bits per heavy atom. The summed E-state index contributed by atoms with van der Waals surface area (Å²) in [6.07, 6.45) is 2.23. The zero-order valence-electron chi connectivity index (χ0n) is 11.2. The molecule has 2 nitrogen and oxygen atoms in total. The predicted molar refractivity (Wildman–Crippen MR) is 78.8 cm³/mol. The highest BCUT2D eigenvalue weighted by atomic mass is 35.5. The summed E-state index contributed by atoms with van der Waals surface area (Å²) in [4.78, 5) is 0. The van der Waals surface area contributed by atoms with E-state index in [1.807, 2.05) is 13.1 Å². The Balaban J connectivity index is 2.85. The lowest BCUT2D eigenvalue weighted by atomic mass is 10.1. The summed E-state index contributed by atoms with van der Waals surface area (Å²) in [5.74, 6) is 1.32. The fraction of sp³-hybridized carbons (Fsp3) is 0.571. The average molecular weight is 290 g/mol. The van der Waals surface area contributed by atoms with Gasteiger partial charge in [-0.1, -0.05) is 49.9 Å². The van der Waals surface area contributed by atoms with Gasteiger partial charge in [-0.2, -0.15) is 0 Å². The smallest absolute Gasteiger partial charge is 0.142 e. The number of hydrogen-bond donors (Lipinski definition) is 1. The van der Waals surface area contributed by atoms with E-state index < -0.39 is 0 Å². The topological polar surface area (TPSA) is 21.3 Å². The van der Waals surface area contributed by atoms with Gasteiger partial charge in [-0.25, -0.2) is 0 Å². The van der Waals surface area contributed by atoms with E-state index in [1.165, 1.54) is 0 Å². The highest BCUT2D eigenvalue weighted by Crippen LogP contribution is 2.33. The van der Waals surface area contributed by atoms with Crippen molar-refractivity contribution in [3.05, 3.63) is 27.7 Å². The molecule has 0 saturated heterocycles. The zero-order valence-corrected chi connectivity index (χ0v) is 12.7. The van der Waals surface area contributed by atoms with Crippen LogP contribution in [0, 0.1) is 5.92 Å². The number of ether oxygens (including phenoxy) is 1. The van der Waals surface area contributed by atoms with Crippen LogP contribution in [-0.2, 0) is 6.54 Å². The molecule has 102 valence electrons. The van der Waals surface area contributed by atoms with Crippen molar-refractivity contribution in [2.24, 2.45) is 5.92 Å². The summed E-state index contributed by atoms with van der Waals surface area (Å²) >= 11 is 12.2. The second-order valence-electron chi connectivity index (χ2n) is 4.40. The molecule has 1 rings (SSSR count). The summed E-state index contributed by atoms with van der Waals surface area (Å²) in [5, 5.41) is 4.32. The van der Waals surface area contributed by atoms with Gasteiger partial charge in [0.25, 0.3) is 0 Å². The Bertz CT molecular complexity index is 378. The third kappa shape index (κ3) is 4.34. The maximum Gasteiger partial charge on any atom is 0.142 e. The quantitative estimate of drug-likeness (QED) is 0.796. The highest BCUT2D eigenvalue weighted by Gasteiger charge is 2.12. The van der Waals surface area contributed by atoms with Crippen LogP contribution in [0.1, 0.15) is 32.3 Å². The molecule has 0 radical (unpaired) electrons. The number of rotatable bonds is 7. The van der Waals surface area contributed by atoms with E-state index >= 15 is 0 Å². The minimum atomic E-state index is 0.569. The van der Waals surface area contributed by atoms with Crippen molar-refractivity contribution in [3.63, 3.8) is 0 Å². The molecular weight excluding hydrogens is 269 g/mol. The van der Waals surface area contributed by atoms with Gasteiger partial charge in [0.05, 0.1) is 11.6 Å². The third-order valence-corrected chi connectivity index (χ3v) is 3.57. The first-order valence-corrected chi connectivity index (χ1v) is 7.13. The van der Waals surface area contributed by atoms with Crippen LogP contribution in [0.25, 0.3) is 0 Å². The summed E-state index contributed by atoms with van der Waals surface area (Å²) < 4.78 is 5.89. The molecule has 0 aliphatic heterocycles. The second-order valence-corrected chi connectivity index (χ2v) is 5.24. The van der Waals surface area contributed by atoms with Crippen molar-refractivity contribution >= 4 is 23.2 Å². The molecule has 0 spiro atoms. The van der Waals surface area contributed by atoms with Gasteiger partial charge in [0, 0.05) is 17.1 Å². The van der Waals surface area contributed by atoms with Gasteiger partial charge in [-0.3, -0.25) is 0 Å².